The molecule has 23 heavy (non-hydrogen) atoms. The van der Waals surface area contributed by atoms with Gasteiger partial charge < -0.3 is 20.3 Å². The van der Waals surface area contributed by atoms with E-state index in [0.29, 0.717) is 18.1 Å². The molecule has 3 rings (SSSR count). The normalized spacial score (nSPS) is 35.0. The van der Waals surface area contributed by atoms with Gasteiger partial charge in [0.25, 0.3) is 0 Å². The first-order valence-corrected chi connectivity index (χ1v) is 9.21. The highest BCUT2D eigenvalue weighted by Gasteiger charge is 2.34. The van der Waals surface area contributed by atoms with E-state index >= 15 is 0 Å². The maximum Gasteiger partial charge on any atom is 0.0623 e. The van der Waals surface area contributed by atoms with E-state index in [9.17, 15) is 0 Å². The van der Waals surface area contributed by atoms with E-state index in [2.05, 4.69) is 34.4 Å². The third-order valence-corrected chi connectivity index (χ3v) is 5.87. The van der Waals surface area contributed by atoms with Crippen LogP contribution in [0.5, 0.6) is 0 Å². The van der Waals surface area contributed by atoms with Crippen LogP contribution in [0.3, 0.4) is 0 Å². The van der Waals surface area contributed by atoms with Gasteiger partial charge in [-0.3, -0.25) is 4.90 Å². The highest BCUT2D eigenvalue weighted by Crippen LogP contribution is 2.29. The predicted molar refractivity (Wildman–Crippen MR) is 97.5 cm³/mol. The molecule has 1 saturated carbocycles. The SMILES string of the molecule is CC(CNC1CCCC1C1COCCN1)N1CCN(C)CC1.Cl. The van der Waals surface area contributed by atoms with Gasteiger partial charge in [-0.2, -0.15) is 0 Å². The molecule has 3 fully saturated rings. The summed E-state index contributed by atoms with van der Waals surface area (Å²) in [4.78, 5) is 5.07. The van der Waals surface area contributed by atoms with Crippen molar-refractivity contribution in [2.24, 2.45) is 5.92 Å². The van der Waals surface area contributed by atoms with Crippen LogP contribution in [0.15, 0.2) is 0 Å². The third-order valence-electron chi connectivity index (χ3n) is 5.87. The second-order valence-corrected chi connectivity index (χ2v) is 7.43. The molecule has 0 aromatic carbocycles. The molecule has 2 heterocycles. The monoisotopic (exact) mass is 346 g/mol. The molecule has 0 spiro atoms. The number of nitrogens with one attached hydrogen (secondary N) is 2. The fourth-order valence-electron chi connectivity index (χ4n) is 4.30. The van der Waals surface area contributed by atoms with Gasteiger partial charge >= 0.3 is 0 Å². The third kappa shape index (κ3) is 5.28. The summed E-state index contributed by atoms with van der Waals surface area (Å²) in [5, 5.41) is 7.55. The van der Waals surface area contributed by atoms with Crippen molar-refractivity contribution in [3.8, 4) is 0 Å². The maximum atomic E-state index is 5.67. The lowest BCUT2D eigenvalue weighted by Crippen LogP contribution is -2.54. The smallest absolute Gasteiger partial charge is 0.0623 e. The van der Waals surface area contributed by atoms with Crippen LogP contribution in [-0.4, -0.2) is 87.5 Å². The number of hydrogen-bond donors (Lipinski definition) is 2. The molecule has 4 atom stereocenters. The Balaban J connectivity index is 0.00000192. The van der Waals surface area contributed by atoms with Crippen LogP contribution in [0.2, 0.25) is 0 Å². The molecule has 6 heteroatoms. The minimum absolute atomic E-state index is 0. The summed E-state index contributed by atoms with van der Waals surface area (Å²) >= 11 is 0. The van der Waals surface area contributed by atoms with Gasteiger partial charge in [0, 0.05) is 57.4 Å². The van der Waals surface area contributed by atoms with Gasteiger partial charge in [-0.25, -0.2) is 0 Å². The first kappa shape index (κ1) is 19.4. The lowest BCUT2D eigenvalue weighted by molar-refractivity contribution is 0.0514. The Bertz CT molecular complexity index is 333. The first-order valence-electron chi connectivity index (χ1n) is 9.21. The number of morpholine rings is 1. The van der Waals surface area contributed by atoms with Gasteiger partial charge in [0.1, 0.15) is 0 Å². The van der Waals surface area contributed by atoms with Crippen LogP contribution < -0.4 is 10.6 Å². The molecule has 0 aromatic rings. The van der Waals surface area contributed by atoms with Crippen molar-refractivity contribution in [3.63, 3.8) is 0 Å². The molecule has 2 N–H and O–H groups in total. The minimum Gasteiger partial charge on any atom is -0.379 e. The van der Waals surface area contributed by atoms with Gasteiger partial charge in [-0.05, 0) is 32.7 Å². The topological polar surface area (TPSA) is 39.8 Å². The molecule has 0 amide bonds. The fourth-order valence-corrected chi connectivity index (χ4v) is 4.30. The van der Waals surface area contributed by atoms with Crippen LogP contribution in [0, 0.1) is 5.92 Å². The molecule has 136 valence electrons. The maximum absolute atomic E-state index is 5.67. The quantitative estimate of drug-likeness (QED) is 0.770. The second kappa shape index (κ2) is 9.54. The largest absolute Gasteiger partial charge is 0.379 e. The Morgan fingerprint density at radius 1 is 1.22 bits per heavy atom. The molecule has 4 unspecified atom stereocenters. The van der Waals surface area contributed by atoms with E-state index in [1.54, 1.807) is 0 Å². The van der Waals surface area contributed by atoms with Gasteiger partial charge in [0.2, 0.25) is 0 Å². The molecule has 1 aliphatic carbocycles. The summed E-state index contributed by atoms with van der Waals surface area (Å²) in [7, 11) is 2.22. The van der Waals surface area contributed by atoms with Crippen LogP contribution in [-0.2, 0) is 4.74 Å². The number of ether oxygens (including phenoxy) is 1. The second-order valence-electron chi connectivity index (χ2n) is 7.43. The molecule has 0 bridgehead atoms. The summed E-state index contributed by atoms with van der Waals surface area (Å²) in [5.74, 6) is 0.750. The highest BCUT2D eigenvalue weighted by molar-refractivity contribution is 5.85. The zero-order valence-corrected chi connectivity index (χ0v) is 15.6. The number of halogens is 1. The Labute approximate surface area is 147 Å². The average molecular weight is 347 g/mol. The van der Waals surface area contributed by atoms with E-state index in [1.165, 1.54) is 45.4 Å². The Morgan fingerprint density at radius 2 is 2.00 bits per heavy atom. The summed E-state index contributed by atoms with van der Waals surface area (Å²) < 4.78 is 5.67. The Hall–Kier alpha value is 0.0900. The van der Waals surface area contributed by atoms with Gasteiger partial charge in [-0.1, -0.05) is 6.42 Å². The highest BCUT2D eigenvalue weighted by atomic mass is 35.5. The predicted octanol–water partition coefficient (Wildman–Crippen LogP) is 0.791. The van der Waals surface area contributed by atoms with Crippen LogP contribution in [0.1, 0.15) is 26.2 Å². The van der Waals surface area contributed by atoms with E-state index in [0.717, 1.165) is 32.2 Å². The molecular formula is C17H35ClN4O. The number of piperazine rings is 1. The molecule has 3 aliphatic rings. The van der Waals surface area contributed by atoms with E-state index in [-0.39, 0.29) is 12.4 Å². The van der Waals surface area contributed by atoms with Crippen molar-refractivity contribution in [3.05, 3.63) is 0 Å². The molecule has 2 aliphatic heterocycles. The lowest BCUT2D eigenvalue weighted by Gasteiger charge is -2.38. The van der Waals surface area contributed by atoms with Gasteiger partial charge in [-0.15, -0.1) is 12.4 Å². The molecule has 5 nitrogen and oxygen atoms in total. The van der Waals surface area contributed by atoms with Crippen LogP contribution in [0.4, 0.5) is 0 Å². The number of likely N-dealkylation sites (N-methyl/N-ethyl adjacent to an activating group) is 1. The van der Waals surface area contributed by atoms with E-state index < -0.39 is 0 Å². The van der Waals surface area contributed by atoms with Gasteiger partial charge in [0.15, 0.2) is 0 Å². The van der Waals surface area contributed by atoms with Crippen molar-refractivity contribution in [2.75, 3.05) is 59.5 Å². The molecule has 0 aromatic heterocycles. The summed E-state index contributed by atoms with van der Waals surface area (Å²) in [6, 6.07) is 1.88. The number of rotatable bonds is 5. The zero-order chi connectivity index (χ0) is 15.4. The minimum atomic E-state index is 0. The van der Waals surface area contributed by atoms with Crippen LogP contribution in [0.25, 0.3) is 0 Å². The molecule has 0 radical (unpaired) electrons. The summed E-state index contributed by atoms with van der Waals surface area (Å²) in [5.41, 5.74) is 0. The van der Waals surface area contributed by atoms with Crippen molar-refractivity contribution >= 4 is 12.4 Å². The van der Waals surface area contributed by atoms with E-state index in [1.807, 2.05) is 0 Å². The lowest BCUT2D eigenvalue weighted by atomic mass is 9.94. The zero-order valence-electron chi connectivity index (χ0n) is 14.8. The van der Waals surface area contributed by atoms with Crippen molar-refractivity contribution in [2.45, 2.75) is 44.3 Å². The first-order chi connectivity index (χ1) is 10.7. The van der Waals surface area contributed by atoms with E-state index in [4.69, 9.17) is 4.74 Å². The summed E-state index contributed by atoms with van der Waals surface area (Å²) in [6.45, 7) is 11.1. The van der Waals surface area contributed by atoms with Crippen molar-refractivity contribution in [1.29, 1.82) is 0 Å². The number of nitrogens with zero attached hydrogens (tertiary/aromatic N) is 2. The Kier molecular flexibility index (Phi) is 8.05. The summed E-state index contributed by atoms with van der Waals surface area (Å²) in [6.07, 6.45) is 4.04. The number of hydrogen-bond acceptors (Lipinski definition) is 5. The van der Waals surface area contributed by atoms with Crippen molar-refractivity contribution < 1.29 is 4.74 Å². The standard InChI is InChI=1S/C17H34N4O.ClH/c1-14(21-9-7-20(2)8-10-21)12-19-16-5-3-4-15(16)17-13-22-11-6-18-17;/h14-19H,3-13H2,1-2H3;1H. The van der Waals surface area contributed by atoms with Crippen LogP contribution >= 0.6 is 12.4 Å². The average Bonchev–Trinajstić information content (AvgIpc) is 3.02. The fraction of sp³-hybridized carbons (Fsp3) is 1.00. The molecule has 2 saturated heterocycles. The van der Waals surface area contributed by atoms with Crippen molar-refractivity contribution in [1.82, 2.24) is 20.4 Å². The molecular weight excluding hydrogens is 312 g/mol. The Morgan fingerprint density at radius 3 is 2.70 bits per heavy atom. The van der Waals surface area contributed by atoms with Gasteiger partial charge in [0.05, 0.1) is 13.2 Å².